The Kier molecular flexibility index (Phi) is 7.06. The van der Waals surface area contributed by atoms with Crippen LogP contribution in [-0.4, -0.2) is 52.5 Å². The normalized spacial score (nSPS) is 22.3. The van der Waals surface area contributed by atoms with E-state index in [0.29, 0.717) is 35.5 Å². The number of amides is 3. The number of likely N-dealkylation sites (tertiary alicyclic amines) is 1. The average Bonchev–Trinajstić information content (AvgIpc) is 3.62. The molecule has 0 saturated carbocycles. The van der Waals surface area contributed by atoms with Gasteiger partial charge >= 0.3 is 6.03 Å². The zero-order valence-corrected chi connectivity index (χ0v) is 22.5. The first kappa shape index (κ1) is 25.5. The van der Waals surface area contributed by atoms with Gasteiger partial charge in [-0.2, -0.15) is 0 Å². The van der Waals surface area contributed by atoms with Gasteiger partial charge in [0.15, 0.2) is 6.23 Å². The van der Waals surface area contributed by atoms with E-state index in [0.717, 1.165) is 38.0 Å². The summed E-state index contributed by atoms with van der Waals surface area (Å²) in [5, 5.41) is 5.83. The number of anilines is 2. The van der Waals surface area contributed by atoms with Crippen molar-refractivity contribution in [2.75, 3.05) is 30.3 Å². The second kappa shape index (κ2) is 10.8. The third-order valence-electron chi connectivity index (χ3n) is 7.92. The molecular formula is C31H35N5O3. The molecule has 3 aliphatic heterocycles. The molecule has 3 atom stereocenters. The van der Waals surface area contributed by atoms with Gasteiger partial charge in [-0.05, 0) is 66.6 Å². The number of hydrogen-bond donors (Lipinski definition) is 2. The van der Waals surface area contributed by atoms with E-state index in [2.05, 4.69) is 58.6 Å². The van der Waals surface area contributed by atoms with E-state index in [1.807, 2.05) is 35.2 Å². The first-order chi connectivity index (χ1) is 19.0. The highest BCUT2D eigenvalue weighted by molar-refractivity contribution is 6.05. The fraction of sp³-hybridized carbons (Fsp3) is 0.387. The Labute approximate surface area is 229 Å². The van der Waals surface area contributed by atoms with Gasteiger partial charge in [0, 0.05) is 30.4 Å². The third-order valence-corrected chi connectivity index (χ3v) is 7.92. The lowest BCUT2D eigenvalue weighted by molar-refractivity contribution is 0.0350. The summed E-state index contributed by atoms with van der Waals surface area (Å²) in [6.45, 7) is 7.77. The Morgan fingerprint density at radius 1 is 1.10 bits per heavy atom. The quantitative estimate of drug-likeness (QED) is 0.419. The minimum Gasteiger partial charge on any atom is -0.352 e. The van der Waals surface area contributed by atoms with E-state index in [4.69, 9.17) is 4.74 Å². The van der Waals surface area contributed by atoms with Crippen molar-refractivity contribution in [1.82, 2.24) is 14.8 Å². The number of carbonyl (C=O) groups is 2. The van der Waals surface area contributed by atoms with Gasteiger partial charge in [0.25, 0.3) is 5.91 Å². The molecule has 3 amide bonds. The molecule has 2 fully saturated rings. The molecule has 4 heterocycles. The predicted octanol–water partition coefficient (Wildman–Crippen LogP) is 5.61. The van der Waals surface area contributed by atoms with Crippen LogP contribution >= 0.6 is 0 Å². The smallest absolute Gasteiger partial charge is 0.324 e. The summed E-state index contributed by atoms with van der Waals surface area (Å²) in [5.74, 6) is 1.32. The van der Waals surface area contributed by atoms with Crippen molar-refractivity contribution in [2.24, 2.45) is 5.92 Å². The van der Waals surface area contributed by atoms with Gasteiger partial charge in [0.2, 0.25) is 0 Å². The molecular weight excluding hydrogens is 490 g/mol. The van der Waals surface area contributed by atoms with E-state index in [9.17, 15) is 9.59 Å². The van der Waals surface area contributed by atoms with Crippen LogP contribution in [0.15, 0.2) is 66.9 Å². The van der Waals surface area contributed by atoms with Crippen LogP contribution in [0.2, 0.25) is 0 Å². The number of pyridine rings is 1. The highest BCUT2D eigenvalue weighted by Gasteiger charge is 2.47. The molecule has 0 bridgehead atoms. The van der Waals surface area contributed by atoms with Gasteiger partial charge in [0.05, 0.1) is 18.3 Å². The zero-order valence-electron chi connectivity index (χ0n) is 22.5. The SMILES string of the molecule is CC(C)C[C@@H]1COC2c3c(NC(=O)Nc4cc(C5CCN(Cc6ccccc6)C5)ccn4)cccc3C(=O)N21. The molecule has 39 heavy (non-hydrogen) atoms. The molecule has 202 valence electrons. The highest BCUT2D eigenvalue weighted by atomic mass is 16.5. The number of aromatic nitrogens is 1. The van der Waals surface area contributed by atoms with Crippen LogP contribution in [0.4, 0.5) is 16.3 Å². The van der Waals surface area contributed by atoms with Gasteiger partial charge in [0.1, 0.15) is 5.82 Å². The van der Waals surface area contributed by atoms with E-state index in [1.54, 1.807) is 12.3 Å². The minimum absolute atomic E-state index is 0.0329. The lowest BCUT2D eigenvalue weighted by Gasteiger charge is -2.23. The number of fused-ring (bicyclic) bond motifs is 3. The van der Waals surface area contributed by atoms with Crippen molar-refractivity contribution in [3.05, 3.63) is 89.1 Å². The number of nitrogens with one attached hydrogen (secondary N) is 2. The first-order valence-electron chi connectivity index (χ1n) is 13.8. The fourth-order valence-electron chi connectivity index (χ4n) is 6.17. The van der Waals surface area contributed by atoms with Crippen molar-refractivity contribution in [2.45, 2.75) is 51.4 Å². The maximum atomic E-state index is 13.2. The molecule has 1 aromatic heterocycles. The molecule has 2 aromatic carbocycles. The highest BCUT2D eigenvalue weighted by Crippen LogP contribution is 2.45. The van der Waals surface area contributed by atoms with Crippen LogP contribution in [-0.2, 0) is 11.3 Å². The summed E-state index contributed by atoms with van der Waals surface area (Å²) >= 11 is 0. The summed E-state index contributed by atoms with van der Waals surface area (Å²) in [7, 11) is 0. The van der Waals surface area contributed by atoms with Gasteiger partial charge in [-0.15, -0.1) is 0 Å². The van der Waals surface area contributed by atoms with Gasteiger partial charge < -0.3 is 15.0 Å². The summed E-state index contributed by atoms with van der Waals surface area (Å²) in [6.07, 6.45) is 3.24. The molecule has 6 rings (SSSR count). The van der Waals surface area contributed by atoms with Crippen LogP contribution in [0.5, 0.6) is 0 Å². The number of nitrogens with zero attached hydrogens (tertiary/aromatic N) is 3. The monoisotopic (exact) mass is 525 g/mol. The number of rotatable bonds is 7. The number of carbonyl (C=O) groups excluding carboxylic acids is 2. The summed E-state index contributed by atoms with van der Waals surface area (Å²) in [6, 6.07) is 19.6. The molecule has 8 nitrogen and oxygen atoms in total. The van der Waals surface area contributed by atoms with E-state index in [1.165, 1.54) is 11.1 Å². The molecule has 0 radical (unpaired) electrons. The van der Waals surface area contributed by atoms with Gasteiger partial charge in [-0.25, -0.2) is 9.78 Å². The Bertz CT molecular complexity index is 1360. The third kappa shape index (κ3) is 5.27. The zero-order chi connectivity index (χ0) is 26.9. The first-order valence-corrected chi connectivity index (χ1v) is 13.8. The lowest BCUT2D eigenvalue weighted by Crippen LogP contribution is -2.34. The molecule has 3 aliphatic rings. The Morgan fingerprint density at radius 3 is 2.77 bits per heavy atom. The van der Waals surface area contributed by atoms with Crippen molar-refractivity contribution < 1.29 is 14.3 Å². The van der Waals surface area contributed by atoms with Crippen LogP contribution in [0, 0.1) is 5.92 Å². The maximum Gasteiger partial charge on any atom is 0.324 e. The van der Waals surface area contributed by atoms with Crippen molar-refractivity contribution >= 4 is 23.4 Å². The fourth-order valence-corrected chi connectivity index (χ4v) is 6.17. The van der Waals surface area contributed by atoms with Crippen LogP contribution in [0.1, 0.15) is 65.9 Å². The average molecular weight is 526 g/mol. The topological polar surface area (TPSA) is 86.8 Å². The predicted molar refractivity (Wildman–Crippen MR) is 151 cm³/mol. The van der Waals surface area contributed by atoms with Crippen molar-refractivity contribution in [3.63, 3.8) is 0 Å². The second-order valence-corrected chi connectivity index (χ2v) is 11.2. The number of benzene rings is 2. The Balaban J connectivity index is 1.11. The molecule has 2 unspecified atom stereocenters. The van der Waals surface area contributed by atoms with Crippen LogP contribution < -0.4 is 10.6 Å². The number of ether oxygens (including phenoxy) is 1. The Hall–Kier alpha value is -3.75. The molecule has 3 aromatic rings. The molecule has 2 N–H and O–H groups in total. The minimum atomic E-state index is -0.463. The van der Waals surface area contributed by atoms with Gasteiger partial charge in [-0.3, -0.25) is 15.0 Å². The standard InChI is InChI=1S/C31H35N5O3/c1-20(2)15-24-19-39-30-28-25(29(37)36(24)30)9-6-10-26(28)33-31(38)34-27-16-22(11-13-32-27)23-12-14-35(18-23)17-21-7-4-3-5-8-21/h3-11,13,16,20,23-24,30H,12,14-15,17-19H2,1-2H3,(H2,32,33,34,38)/t23?,24-,30?/m1/s1. The largest absolute Gasteiger partial charge is 0.352 e. The Morgan fingerprint density at radius 2 is 1.95 bits per heavy atom. The lowest BCUT2D eigenvalue weighted by atomic mass is 9.99. The molecule has 2 saturated heterocycles. The van der Waals surface area contributed by atoms with Crippen molar-refractivity contribution in [3.8, 4) is 0 Å². The summed E-state index contributed by atoms with van der Waals surface area (Å²) in [4.78, 5) is 34.9. The van der Waals surface area contributed by atoms with Crippen molar-refractivity contribution in [1.29, 1.82) is 0 Å². The van der Waals surface area contributed by atoms with E-state index >= 15 is 0 Å². The second-order valence-electron chi connectivity index (χ2n) is 11.2. The number of hydrogen-bond acceptors (Lipinski definition) is 5. The number of urea groups is 1. The van der Waals surface area contributed by atoms with E-state index in [-0.39, 0.29) is 11.9 Å². The molecule has 0 spiro atoms. The molecule has 8 heteroatoms. The summed E-state index contributed by atoms with van der Waals surface area (Å²) < 4.78 is 6.06. The maximum absolute atomic E-state index is 13.2. The van der Waals surface area contributed by atoms with Crippen LogP contribution in [0.25, 0.3) is 0 Å². The molecule has 0 aliphatic carbocycles. The van der Waals surface area contributed by atoms with E-state index < -0.39 is 12.3 Å². The van der Waals surface area contributed by atoms with Crippen LogP contribution in [0.3, 0.4) is 0 Å². The summed E-state index contributed by atoms with van der Waals surface area (Å²) in [5.41, 5.74) is 4.40. The van der Waals surface area contributed by atoms with Gasteiger partial charge in [-0.1, -0.05) is 50.2 Å².